The van der Waals surface area contributed by atoms with Gasteiger partial charge in [-0.25, -0.2) is 14.4 Å². The Kier molecular flexibility index (Phi) is 11.2. The quantitative estimate of drug-likeness (QED) is 0.205. The second-order valence-corrected chi connectivity index (χ2v) is 10.3. The van der Waals surface area contributed by atoms with Gasteiger partial charge in [-0.3, -0.25) is 20.0 Å². The summed E-state index contributed by atoms with van der Waals surface area (Å²) in [7, 11) is 3.90. The molecule has 14 heteroatoms. The molecule has 5 N–H and O–H groups in total. The maximum absolute atomic E-state index is 13.8. The Bertz CT molecular complexity index is 1280. The summed E-state index contributed by atoms with van der Waals surface area (Å²) in [5, 5.41) is 19.7. The predicted molar refractivity (Wildman–Crippen MR) is 155 cm³/mol. The second-order valence-electron chi connectivity index (χ2n) is 9.83. The number of carbonyl (C=O) groups excluding carboxylic acids is 2. The fourth-order valence-electron chi connectivity index (χ4n) is 4.54. The molecule has 1 aliphatic heterocycles. The standard InChI is InChI=1S/C27H35ClFN9O3/c1-16(29)41-21-8-7-17(28)12-19(21)24(30)20(36-27(40)23(25(31)32)26-34-9-5-10-35-26)13-33-14-22(39)38-11-4-6-18(38)15-37(2)3/h5,7-10,12-13,16,18,20,23,30H,4,6,11,14-15H2,1-3H3,(H3,31,32)(H,36,40). The Morgan fingerprint density at radius 3 is 2.68 bits per heavy atom. The summed E-state index contributed by atoms with van der Waals surface area (Å²) in [6.07, 6.45) is 4.18. The van der Waals surface area contributed by atoms with Crippen LogP contribution in [-0.2, 0) is 9.59 Å². The van der Waals surface area contributed by atoms with E-state index in [0.29, 0.717) is 6.54 Å². The fourth-order valence-corrected chi connectivity index (χ4v) is 4.71. The summed E-state index contributed by atoms with van der Waals surface area (Å²) in [6.45, 7) is 2.34. The number of hydrogen-bond donors (Lipinski definition) is 4. The number of likely N-dealkylation sites (tertiary alicyclic amines) is 1. The molecule has 0 radical (unpaired) electrons. The first kappa shape index (κ1) is 31.6. The van der Waals surface area contributed by atoms with Crippen molar-refractivity contribution in [2.45, 2.75) is 44.1 Å². The lowest BCUT2D eigenvalue weighted by atomic mass is 10.0. The SMILES string of the molecule is CC(F)Oc1ccc(Cl)cc1C(=N)C(C=NCC(=O)N1CCCC1CN(C)C)NC(=O)C(C(=N)N)c1ncccn1. The van der Waals surface area contributed by atoms with Crippen LogP contribution in [0.25, 0.3) is 0 Å². The molecule has 41 heavy (non-hydrogen) atoms. The van der Waals surface area contributed by atoms with E-state index in [0.717, 1.165) is 19.4 Å². The van der Waals surface area contributed by atoms with Crippen LogP contribution in [-0.4, -0.2) is 102 Å². The first-order valence-electron chi connectivity index (χ1n) is 13.0. The van der Waals surface area contributed by atoms with Crippen molar-refractivity contribution >= 4 is 41.2 Å². The Morgan fingerprint density at radius 2 is 2.05 bits per heavy atom. The average molecular weight is 588 g/mol. The number of nitrogens with two attached hydrogens (primary N) is 1. The van der Waals surface area contributed by atoms with Gasteiger partial charge in [-0.1, -0.05) is 11.6 Å². The van der Waals surface area contributed by atoms with E-state index in [2.05, 4.69) is 20.3 Å². The largest absolute Gasteiger partial charge is 0.460 e. The zero-order chi connectivity index (χ0) is 30.1. The summed E-state index contributed by atoms with van der Waals surface area (Å²) in [5.74, 6) is -2.79. The molecule has 1 aromatic heterocycles. The molecule has 0 spiro atoms. The lowest BCUT2D eigenvalue weighted by Gasteiger charge is -2.26. The highest BCUT2D eigenvalue weighted by Crippen LogP contribution is 2.26. The van der Waals surface area contributed by atoms with Gasteiger partial charge < -0.3 is 31.0 Å². The van der Waals surface area contributed by atoms with Gasteiger partial charge in [0.1, 0.15) is 30.0 Å². The molecule has 1 fully saturated rings. The number of amidine groups is 1. The van der Waals surface area contributed by atoms with Crippen LogP contribution in [0.2, 0.25) is 5.02 Å². The minimum Gasteiger partial charge on any atom is -0.460 e. The number of nitrogens with zero attached hydrogens (tertiary/aromatic N) is 5. The van der Waals surface area contributed by atoms with E-state index >= 15 is 0 Å². The van der Waals surface area contributed by atoms with E-state index in [9.17, 15) is 14.0 Å². The lowest BCUT2D eigenvalue weighted by Crippen LogP contribution is -2.47. The van der Waals surface area contributed by atoms with Crippen molar-refractivity contribution < 1.29 is 18.7 Å². The second kappa shape index (κ2) is 14.6. The molecule has 2 aromatic rings. The van der Waals surface area contributed by atoms with Gasteiger partial charge in [-0.15, -0.1) is 0 Å². The van der Waals surface area contributed by atoms with Gasteiger partial charge in [0.05, 0.1) is 5.71 Å². The monoisotopic (exact) mass is 587 g/mol. The fraction of sp³-hybridized carbons (Fsp3) is 0.444. The molecular formula is C27H35ClFN9O3. The predicted octanol–water partition coefficient (Wildman–Crippen LogP) is 2.02. The lowest BCUT2D eigenvalue weighted by molar-refractivity contribution is -0.130. The van der Waals surface area contributed by atoms with Crippen molar-refractivity contribution in [1.82, 2.24) is 25.1 Å². The zero-order valence-electron chi connectivity index (χ0n) is 23.2. The number of likely N-dealkylation sites (N-methyl/N-ethyl adjacent to an activating group) is 1. The molecule has 3 rings (SSSR count). The van der Waals surface area contributed by atoms with Gasteiger partial charge in [0.15, 0.2) is 5.92 Å². The zero-order valence-corrected chi connectivity index (χ0v) is 23.9. The molecule has 0 aliphatic carbocycles. The van der Waals surface area contributed by atoms with Crippen LogP contribution in [0.1, 0.15) is 37.1 Å². The maximum Gasteiger partial charge on any atom is 0.244 e. The van der Waals surface area contributed by atoms with Crippen molar-refractivity contribution in [3.8, 4) is 5.75 Å². The topological polar surface area (TPSA) is 174 Å². The van der Waals surface area contributed by atoms with Crippen molar-refractivity contribution in [2.75, 3.05) is 33.7 Å². The third-order valence-corrected chi connectivity index (χ3v) is 6.54. The van der Waals surface area contributed by atoms with E-state index in [4.69, 9.17) is 32.9 Å². The number of aliphatic imine (C=N–C) groups is 1. The van der Waals surface area contributed by atoms with E-state index in [-0.39, 0.29) is 46.4 Å². The van der Waals surface area contributed by atoms with Crippen molar-refractivity contribution in [2.24, 2.45) is 10.7 Å². The van der Waals surface area contributed by atoms with E-state index in [1.807, 2.05) is 19.0 Å². The van der Waals surface area contributed by atoms with Crippen LogP contribution >= 0.6 is 11.6 Å². The minimum absolute atomic E-state index is 0.00565. The Morgan fingerprint density at radius 1 is 1.34 bits per heavy atom. The highest BCUT2D eigenvalue weighted by Gasteiger charge is 2.31. The Labute approximate surface area is 243 Å². The molecule has 4 atom stereocenters. The summed E-state index contributed by atoms with van der Waals surface area (Å²) < 4.78 is 19.0. The molecule has 1 aromatic carbocycles. The van der Waals surface area contributed by atoms with E-state index < -0.39 is 30.1 Å². The summed E-state index contributed by atoms with van der Waals surface area (Å²) in [5.41, 5.74) is 5.57. The Hall–Kier alpha value is -3.97. The van der Waals surface area contributed by atoms with Gasteiger partial charge in [0, 0.05) is 55.2 Å². The first-order valence-corrected chi connectivity index (χ1v) is 13.4. The van der Waals surface area contributed by atoms with Crippen LogP contribution in [0.15, 0.2) is 41.7 Å². The van der Waals surface area contributed by atoms with Crippen LogP contribution in [0.3, 0.4) is 0 Å². The highest BCUT2D eigenvalue weighted by atomic mass is 35.5. The molecule has 4 unspecified atom stereocenters. The normalized spacial score (nSPS) is 17.3. The average Bonchev–Trinajstić information content (AvgIpc) is 3.36. The van der Waals surface area contributed by atoms with Crippen molar-refractivity contribution in [3.63, 3.8) is 0 Å². The number of hydrogen-bond acceptors (Lipinski definition) is 9. The van der Waals surface area contributed by atoms with Crippen LogP contribution in [0.5, 0.6) is 5.75 Å². The third kappa shape index (κ3) is 8.76. The van der Waals surface area contributed by atoms with Crippen molar-refractivity contribution in [1.29, 1.82) is 10.8 Å². The Balaban J connectivity index is 1.90. The molecular weight excluding hydrogens is 553 g/mol. The highest BCUT2D eigenvalue weighted by molar-refractivity contribution is 6.31. The number of nitrogens with one attached hydrogen (secondary N) is 3. The molecule has 220 valence electrons. The number of halogens is 2. The first-order chi connectivity index (χ1) is 19.5. The number of benzene rings is 1. The smallest absolute Gasteiger partial charge is 0.244 e. The van der Waals surface area contributed by atoms with Crippen LogP contribution in [0.4, 0.5) is 4.39 Å². The number of rotatable bonds is 13. The maximum atomic E-state index is 13.8. The molecule has 2 heterocycles. The van der Waals surface area contributed by atoms with E-state index in [1.54, 1.807) is 11.0 Å². The van der Waals surface area contributed by atoms with E-state index in [1.165, 1.54) is 43.7 Å². The minimum atomic E-state index is -1.69. The van der Waals surface area contributed by atoms with Gasteiger partial charge in [0.2, 0.25) is 18.2 Å². The number of carbonyl (C=O) groups is 2. The molecule has 2 amide bonds. The molecule has 0 bridgehead atoms. The molecule has 0 saturated carbocycles. The summed E-state index contributed by atoms with van der Waals surface area (Å²) in [4.78, 5) is 42.5. The third-order valence-electron chi connectivity index (χ3n) is 6.30. The number of aromatic nitrogens is 2. The molecule has 1 saturated heterocycles. The van der Waals surface area contributed by atoms with Crippen LogP contribution in [0, 0.1) is 10.8 Å². The van der Waals surface area contributed by atoms with Crippen molar-refractivity contribution in [3.05, 3.63) is 53.1 Å². The molecule has 12 nitrogen and oxygen atoms in total. The van der Waals surface area contributed by atoms with Gasteiger partial charge in [-0.2, -0.15) is 0 Å². The van der Waals surface area contributed by atoms with Crippen LogP contribution < -0.4 is 15.8 Å². The van der Waals surface area contributed by atoms with Gasteiger partial charge >= 0.3 is 0 Å². The van der Waals surface area contributed by atoms with Gasteiger partial charge in [0.25, 0.3) is 0 Å². The number of alkyl halides is 1. The summed E-state index contributed by atoms with van der Waals surface area (Å²) >= 11 is 6.17. The number of ether oxygens (including phenoxy) is 1. The summed E-state index contributed by atoms with van der Waals surface area (Å²) in [6, 6.07) is 4.70. The number of amides is 2. The van der Waals surface area contributed by atoms with Gasteiger partial charge in [-0.05, 0) is 51.2 Å². The molecule has 1 aliphatic rings.